The second kappa shape index (κ2) is 6.31. The predicted molar refractivity (Wildman–Crippen MR) is 90.5 cm³/mol. The van der Waals surface area contributed by atoms with E-state index in [1.54, 1.807) is 6.92 Å². The predicted octanol–water partition coefficient (Wildman–Crippen LogP) is 2.72. The van der Waals surface area contributed by atoms with Gasteiger partial charge in [0, 0.05) is 11.7 Å². The van der Waals surface area contributed by atoms with Crippen LogP contribution in [0.1, 0.15) is 18.9 Å². The molecule has 2 heterocycles. The number of hydrogen-bond acceptors (Lipinski definition) is 4. The van der Waals surface area contributed by atoms with Gasteiger partial charge in [-0.25, -0.2) is 8.42 Å². The van der Waals surface area contributed by atoms with Crippen LogP contribution in [0.2, 0.25) is 0 Å². The minimum Gasteiger partial charge on any atom is -0.315 e. The number of fused-ring (bicyclic) bond motifs is 1. The molecule has 1 aromatic rings. The molecule has 0 aliphatic carbocycles. The molecule has 0 aromatic heterocycles. The van der Waals surface area contributed by atoms with E-state index in [-0.39, 0.29) is 28.8 Å². The molecule has 136 valence electrons. The zero-order valence-electron chi connectivity index (χ0n) is 13.2. The molecule has 2 aliphatic rings. The molecule has 2 saturated heterocycles. The summed E-state index contributed by atoms with van der Waals surface area (Å²) in [4.78, 5) is 16.9. The number of para-hydroxylation sites is 1. The van der Waals surface area contributed by atoms with E-state index in [4.69, 9.17) is 0 Å². The van der Waals surface area contributed by atoms with Gasteiger partial charge in [0.15, 0.2) is 15.0 Å². The van der Waals surface area contributed by atoms with E-state index in [1.165, 1.54) is 23.1 Å². The lowest BCUT2D eigenvalue weighted by atomic mass is 10.1. The Morgan fingerprint density at radius 3 is 2.64 bits per heavy atom. The highest BCUT2D eigenvalue weighted by atomic mass is 32.2. The fraction of sp³-hybridized carbons (Fsp3) is 0.467. The average molecular weight is 392 g/mol. The molecule has 2 fully saturated rings. The number of thioether (sulfide) groups is 1. The van der Waals surface area contributed by atoms with Gasteiger partial charge in [0.1, 0.15) is 0 Å². The van der Waals surface area contributed by atoms with Gasteiger partial charge in [-0.15, -0.1) is 0 Å². The molecular formula is C15H15F3N2O3S2. The molecule has 0 saturated carbocycles. The van der Waals surface area contributed by atoms with Crippen molar-refractivity contribution in [3.63, 3.8) is 0 Å². The van der Waals surface area contributed by atoms with Crippen molar-refractivity contribution in [2.24, 2.45) is 4.99 Å². The number of benzene rings is 1. The first-order valence-corrected chi connectivity index (χ1v) is 10.3. The van der Waals surface area contributed by atoms with Crippen LogP contribution in [0.15, 0.2) is 29.3 Å². The molecule has 0 radical (unpaired) electrons. The van der Waals surface area contributed by atoms with Gasteiger partial charge in [-0.2, -0.15) is 18.2 Å². The summed E-state index contributed by atoms with van der Waals surface area (Å²) in [5.41, 5.74) is -1.05. The van der Waals surface area contributed by atoms with Crippen molar-refractivity contribution in [1.82, 2.24) is 0 Å². The summed E-state index contributed by atoms with van der Waals surface area (Å²) in [6, 6.07) is 4.28. The zero-order chi connectivity index (χ0) is 18.4. The van der Waals surface area contributed by atoms with Crippen LogP contribution in [-0.2, 0) is 20.8 Å². The minimum atomic E-state index is -4.60. The van der Waals surface area contributed by atoms with Crippen molar-refractivity contribution in [2.75, 3.05) is 16.4 Å². The number of carbonyl (C=O) groups excluding carboxylic acids is 1. The molecule has 2 aliphatic heterocycles. The van der Waals surface area contributed by atoms with Crippen LogP contribution in [0, 0.1) is 0 Å². The molecule has 0 N–H and O–H groups in total. The van der Waals surface area contributed by atoms with Crippen molar-refractivity contribution in [1.29, 1.82) is 0 Å². The summed E-state index contributed by atoms with van der Waals surface area (Å²) in [6.45, 7) is 1.60. The van der Waals surface area contributed by atoms with Crippen LogP contribution in [0.25, 0.3) is 0 Å². The van der Waals surface area contributed by atoms with Crippen LogP contribution < -0.4 is 4.90 Å². The van der Waals surface area contributed by atoms with E-state index < -0.39 is 38.8 Å². The van der Waals surface area contributed by atoms with E-state index >= 15 is 0 Å². The van der Waals surface area contributed by atoms with Crippen LogP contribution >= 0.6 is 11.8 Å². The molecular weight excluding hydrogens is 377 g/mol. The summed E-state index contributed by atoms with van der Waals surface area (Å²) < 4.78 is 64.0. The van der Waals surface area contributed by atoms with Gasteiger partial charge in [0.05, 0.1) is 28.8 Å². The quantitative estimate of drug-likeness (QED) is 0.774. The summed E-state index contributed by atoms with van der Waals surface area (Å²) >= 11 is 1.06. The second-order valence-electron chi connectivity index (χ2n) is 5.83. The highest BCUT2D eigenvalue weighted by molar-refractivity contribution is 8.16. The number of halogens is 3. The number of sulfone groups is 1. The number of hydrogen-bond donors (Lipinski definition) is 0. The van der Waals surface area contributed by atoms with Crippen LogP contribution in [-0.4, -0.2) is 42.3 Å². The Morgan fingerprint density at radius 1 is 1.32 bits per heavy atom. The van der Waals surface area contributed by atoms with E-state index in [0.717, 1.165) is 17.8 Å². The molecule has 3 rings (SSSR count). The Labute approximate surface area is 147 Å². The lowest BCUT2D eigenvalue weighted by Crippen LogP contribution is -2.39. The summed E-state index contributed by atoms with van der Waals surface area (Å²) in [5, 5.41) is -0.303. The first kappa shape index (κ1) is 18.2. The normalized spacial score (nSPS) is 26.9. The number of nitrogens with zero attached hydrogens (tertiary/aromatic N) is 2. The maximum absolute atomic E-state index is 13.4. The fourth-order valence-corrected chi connectivity index (χ4v) is 6.88. The van der Waals surface area contributed by atoms with Gasteiger partial charge in [-0.1, -0.05) is 30.8 Å². The van der Waals surface area contributed by atoms with E-state index in [9.17, 15) is 26.4 Å². The minimum absolute atomic E-state index is 0.118. The smallest absolute Gasteiger partial charge is 0.315 e. The number of amides is 1. The number of anilines is 1. The van der Waals surface area contributed by atoms with Crippen LogP contribution in [0.3, 0.4) is 0 Å². The lowest BCUT2D eigenvalue weighted by Gasteiger charge is -2.27. The second-order valence-corrected chi connectivity index (χ2v) is 9.19. The number of amidine groups is 1. The first-order valence-electron chi connectivity index (χ1n) is 7.56. The van der Waals surface area contributed by atoms with Gasteiger partial charge in [-0.05, 0) is 12.1 Å². The van der Waals surface area contributed by atoms with E-state index in [1.807, 2.05) is 0 Å². The summed E-state index contributed by atoms with van der Waals surface area (Å²) in [7, 11) is -3.34. The van der Waals surface area contributed by atoms with Crippen molar-refractivity contribution < 1.29 is 26.4 Å². The molecule has 10 heteroatoms. The summed E-state index contributed by atoms with van der Waals surface area (Å²) in [5.74, 6) is -0.845. The molecule has 1 amide bonds. The monoisotopic (exact) mass is 392 g/mol. The van der Waals surface area contributed by atoms with Gasteiger partial charge in [0.2, 0.25) is 5.91 Å². The third kappa shape index (κ3) is 3.55. The van der Waals surface area contributed by atoms with Gasteiger partial charge >= 0.3 is 6.18 Å². The van der Waals surface area contributed by atoms with Gasteiger partial charge < -0.3 is 4.90 Å². The SMILES string of the molecule is CCC(=O)N=C1S[C@@H]2CS(=O)(=O)C[C@H]2N1c1ccccc1C(F)(F)F. The summed E-state index contributed by atoms with van der Waals surface area (Å²) in [6.07, 6.45) is -4.48. The van der Waals surface area contributed by atoms with Crippen molar-refractivity contribution in [2.45, 2.75) is 30.8 Å². The average Bonchev–Trinajstić information content (AvgIpc) is 2.97. The van der Waals surface area contributed by atoms with Gasteiger partial charge in [-0.3, -0.25) is 4.79 Å². The highest BCUT2D eigenvalue weighted by Crippen LogP contribution is 2.45. The van der Waals surface area contributed by atoms with Crippen LogP contribution in [0.5, 0.6) is 0 Å². The Bertz CT molecular complexity index is 837. The maximum Gasteiger partial charge on any atom is 0.418 e. The number of rotatable bonds is 2. The standard InChI is InChI=1S/C15H15F3N2O3S2/c1-2-13(21)19-14-20(11-7-25(22,23)8-12(11)24-14)10-6-4-3-5-9(10)15(16,17)18/h3-6,11-12H,2,7-8H2,1H3/t11-,12-/m1/s1. The van der Waals surface area contributed by atoms with Crippen molar-refractivity contribution >= 4 is 38.4 Å². The molecule has 0 bridgehead atoms. The molecule has 2 atom stereocenters. The van der Waals surface area contributed by atoms with E-state index in [0.29, 0.717) is 0 Å². The van der Waals surface area contributed by atoms with Crippen molar-refractivity contribution in [3.8, 4) is 0 Å². The number of alkyl halides is 3. The Kier molecular flexibility index (Phi) is 4.61. The Hall–Kier alpha value is -1.55. The first-order chi connectivity index (χ1) is 11.6. The molecule has 25 heavy (non-hydrogen) atoms. The number of carbonyl (C=O) groups is 1. The van der Waals surface area contributed by atoms with Crippen molar-refractivity contribution in [3.05, 3.63) is 29.8 Å². The van der Waals surface area contributed by atoms with Crippen LogP contribution in [0.4, 0.5) is 18.9 Å². The largest absolute Gasteiger partial charge is 0.418 e. The van der Waals surface area contributed by atoms with Gasteiger partial charge in [0.25, 0.3) is 0 Å². The number of aliphatic imine (C=N–C) groups is 1. The molecule has 0 spiro atoms. The third-order valence-corrected chi connectivity index (χ3v) is 7.27. The highest BCUT2D eigenvalue weighted by Gasteiger charge is 2.51. The third-order valence-electron chi connectivity index (χ3n) is 4.06. The van der Waals surface area contributed by atoms with E-state index in [2.05, 4.69) is 4.99 Å². The lowest BCUT2D eigenvalue weighted by molar-refractivity contribution is -0.137. The Balaban J connectivity index is 2.12. The molecule has 1 aromatic carbocycles. The fourth-order valence-electron chi connectivity index (χ4n) is 2.96. The zero-order valence-corrected chi connectivity index (χ0v) is 14.8. The molecule has 5 nitrogen and oxygen atoms in total. The maximum atomic E-state index is 13.4. The Morgan fingerprint density at radius 2 is 2.00 bits per heavy atom. The topological polar surface area (TPSA) is 66.8 Å². The molecule has 0 unspecified atom stereocenters.